The zero-order chi connectivity index (χ0) is 30.6. The molecule has 0 spiro atoms. The van der Waals surface area contributed by atoms with E-state index in [-0.39, 0.29) is 19.4 Å². The molecule has 3 aromatic carbocycles. The van der Waals surface area contributed by atoms with Gasteiger partial charge in [-0.3, -0.25) is 19.2 Å². The van der Waals surface area contributed by atoms with Crippen LogP contribution >= 0.6 is 23.2 Å². The second-order valence-electron chi connectivity index (χ2n) is 9.92. The first-order valence-electron chi connectivity index (χ1n) is 13.0. The number of carboxylic acid groups (broad SMARTS) is 2. The number of hydrogen-bond donors (Lipinski definition) is 3. The van der Waals surface area contributed by atoms with Crippen molar-refractivity contribution in [3.05, 3.63) is 81.8 Å². The SMILES string of the molecule is COC(=O)[C@@H]1[C@H](C(=O)O)[C@@H](C(=O)O)[C@H]1C(=O)NCC[C@@H](Cc1ccc(Cl)c(Cl)c1)OC(=O)c1ccc2ccccc2c1. The Kier molecular flexibility index (Phi) is 9.70. The molecule has 3 N–H and O–H groups in total. The molecule has 12 heteroatoms. The van der Waals surface area contributed by atoms with Crippen molar-refractivity contribution in [2.75, 3.05) is 13.7 Å². The number of rotatable bonds is 11. The van der Waals surface area contributed by atoms with Crippen LogP contribution in [0.15, 0.2) is 60.7 Å². The normalized spacial score (nSPS) is 20.2. The molecule has 1 aliphatic rings. The number of benzene rings is 3. The largest absolute Gasteiger partial charge is 0.481 e. The van der Waals surface area contributed by atoms with Crippen molar-refractivity contribution in [2.45, 2.75) is 18.9 Å². The van der Waals surface area contributed by atoms with E-state index in [1.54, 1.807) is 36.4 Å². The number of aliphatic carboxylic acids is 2. The maximum absolute atomic E-state index is 13.1. The molecule has 0 aromatic heterocycles. The number of amides is 1. The number of halogens is 2. The summed E-state index contributed by atoms with van der Waals surface area (Å²) in [5.41, 5.74) is 1.04. The molecule has 42 heavy (non-hydrogen) atoms. The maximum Gasteiger partial charge on any atom is 0.338 e. The van der Waals surface area contributed by atoms with Crippen LogP contribution in [0.25, 0.3) is 10.8 Å². The highest BCUT2D eigenvalue weighted by atomic mass is 35.5. The summed E-state index contributed by atoms with van der Waals surface area (Å²) in [4.78, 5) is 61.8. The summed E-state index contributed by atoms with van der Waals surface area (Å²) >= 11 is 12.2. The first-order chi connectivity index (χ1) is 20.0. The molecule has 0 saturated heterocycles. The minimum atomic E-state index is -1.61. The quantitative estimate of drug-likeness (QED) is 0.268. The average molecular weight is 616 g/mol. The monoisotopic (exact) mass is 615 g/mol. The van der Waals surface area contributed by atoms with Crippen LogP contribution in [0.5, 0.6) is 0 Å². The molecule has 0 unspecified atom stereocenters. The summed E-state index contributed by atoms with van der Waals surface area (Å²) in [6.07, 6.45) is -0.415. The zero-order valence-corrected chi connectivity index (χ0v) is 23.8. The number of carboxylic acids is 2. The second-order valence-corrected chi connectivity index (χ2v) is 10.7. The summed E-state index contributed by atoms with van der Waals surface area (Å²) in [7, 11) is 1.03. The fourth-order valence-electron chi connectivity index (χ4n) is 5.26. The minimum absolute atomic E-state index is 0.0652. The van der Waals surface area contributed by atoms with Gasteiger partial charge in [0.05, 0.1) is 46.4 Å². The van der Waals surface area contributed by atoms with E-state index < -0.39 is 59.6 Å². The molecule has 3 aromatic rings. The Bertz CT molecular complexity index is 1540. The summed E-state index contributed by atoms with van der Waals surface area (Å²) < 4.78 is 10.4. The lowest BCUT2D eigenvalue weighted by Gasteiger charge is -2.44. The highest BCUT2D eigenvalue weighted by Crippen LogP contribution is 2.47. The van der Waals surface area contributed by atoms with Crippen molar-refractivity contribution in [3.8, 4) is 0 Å². The van der Waals surface area contributed by atoms with E-state index in [0.717, 1.165) is 17.9 Å². The van der Waals surface area contributed by atoms with Gasteiger partial charge in [0.1, 0.15) is 6.10 Å². The van der Waals surface area contributed by atoms with Gasteiger partial charge in [-0.15, -0.1) is 0 Å². The van der Waals surface area contributed by atoms with Crippen LogP contribution in [-0.4, -0.2) is 59.8 Å². The Morgan fingerprint density at radius 3 is 2.14 bits per heavy atom. The topological polar surface area (TPSA) is 156 Å². The van der Waals surface area contributed by atoms with Gasteiger partial charge in [-0.1, -0.05) is 59.6 Å². The fraction of sp³-hybridized carbons (Fsp3) is 0.300. The predicted molar refractivity (Wildman–Crippen MR) is 152 cm³/mol. The number of fused-ring (bicyclic) bond motifs is 1. The predicted octanol–water partition coefficient (Wildman–Crippen LogP) is 4.24. The Labute approximate surface area is 250 Å². The smallest absolute Gasteiger partial charge is 0.338 e. The van der Waals surface area contributed by atoms with E-state index >= 15 is 0 Å². The van der Waals surface area contributed by atoms with Gasteiger partial charge in [-0.2, -0.15) is 0 Å². The molecular weight excluding hydrogens is 589 g/mol. The summed E-state index contributed by atoms with van der Waals surface area (Å²) in [5, 5.41) is 24.1. The van der Waals surface area contributed by atoms with Crippen molar-refractivity contribution in [3.63, 3.8) is 0 Å². The van der Waals surface area contributed by atoms with Gasteiger partial charge in [0.15, 0.2) is 0 Å². The van der Waals surface area contributed by atoms with Gasteiger partial charge in [-0.25, -0.2) is 4.79 Å². The van der Waals surface area contributed by atoms with Crippen molar-refractivity contribution >= 4 is 63.8 Å². The molecule has 1 saturated carbocycles. The lowest BCUT2D eigenvalue weighted by atomic mass is 9.56. The number of ether oxygens (including phenoxy) is 2. The van der Waals surface area contributed by atoms with Crippen LogP contribution in [0.3, 0.4) is 0 Å². The summed E-state index contributed by atoms with van der Waals surface area (Å²) in [6.45, 7) is -0.0652. The van der Waals surface area contributed by atoms with E-state index in [1.807, 2.05) is 24.3 Å². The minimum Gasteiger partial charge on any atom is -0.481 e. The van der Waals surface area contributed by atoms with Crippen LogP contribution in [0, 0.1) is 23.7 Å². The molecule has 0 aliphatic heterocycles. The van der Waals surface area contributed by atoms with Gasteiger partial charge in [0, 0.05) is 19.4 Å². The molecule has 1 aliphatic carbocycles. The standard InChI is InChI=1S/C30H27Cl2NO9/c1-41-30(40)25-22(23(27(35)36)24(25)28(37)38)26(34)33-11-10-19(12-15-6-9-20(31)21(32)13-15)42-29(39)18-8-7-16-4-2-3-5-17(16)14-18/h2-9,13-14,19,22-25H,10-12H2,1H3,(H,33,34)(H,35,36)(H,37,38)/t19-,22+,23-,24+,25-/m0/s1. The molecule has 10 nitrogen and oxygen atoms in total. The van der Waals surface area contributed by atoms with Crippen molar-refractivity contribution in [1.82, 2.24) is 5.32 Å². The molecule has 0 bridgehead atoms. The number of carbonyl (C=O) groups excluding carboxylic acids is 3. The number of esters is 2. The Morgan fingerprint density at radius 2 is 1.50 bits per heavy atom. The van der Waals surface area contributed by atoms with Gasteiger partial charge < -0.3 is 25.0 Å². The highest BCUT2D eigenvalue weighted by molar-refractivity contribution is 6.42. The van der Waals surface area contributed by atoms with Crippen molar-refractivity contribution in [2.24, 2.45) is 23.7 Å². The van der Waals surface area contributed by atoms with E-state index in [9.17, 15) is 34.2 Å². The Balaban J connectivity index is 1.49. The first-order valence-corrected chi connectivity index (χ1v) is 13.7. The lowest BCUT2D eigenvalue weighted by molar-refractivity contribution is -0.188. The molecule has 0 radical (unpaired) electrons. The molecule has 5 atom stereocenters. The molecular formula is C30H27Cl2NO9. The Hall–Kier alpha value is -4.15. The fourth-order valence-corrected chi connectivity index (χ4v) is 5.58. The second kappa shape index (κ2) is 13.2. The third-order valence-corrected chi connectivity index (χ3v) is 8.10. The number of carbonyl (C=O) groups is 5. The van der Waals surface area contributed by atoms with E-state index in [0.29, 0.717) is 21.2 Å². The zero-order valence-electron chi connectivity index (χ0n) is 22.3. The maximum atomic E-state index is 13.1. The van der Waals surface area contributed by atoms with Crippen LogP contribution in [-0.2, 0) is 35.1 Å². The molecule has 0 heterocycles. The summed E-state index contributed by atoms with van der Waals surface area (Å²) in [6, 6.07) is 17.7. The van der Waals surface area contributed by atoms with E-state index in [1.165, 1.54) is 0 Å². The van der Waals surface area contributed by atoms with Crippen molar-refractivity contribution in [1.29, 1.82) is 0 Å². The third kappa shape index (κ3) is 6.66. The summed E-state index contributed by atoms with van der Waals surface area (Å²) in [5.74, 6) is -11.5. The molecule has 1 fully saturated rings. The van der Waals surface area contributed by atoms with E-state index in [2.05, 4.69) is 10.1 Å². The molecule has 220 valence electrons. The van der Waals surface area contributed by atoms with Gasteiger partial charge >= 0.3 is 23.9 Å². The van der Waals surface area contributed by atoms with Crippen LogP contribution in [0.2, 0.25) is 10.0 Å². The van der Waals surface area contributed by atoms with E-state index in [4.69, 9.17) is 27.9 Å². The Morgan fingerprint density at radius 1 is 0.833 bits per heavy atom. The first kappa shape index (κ1) is 30.8. The number of methoxy groups -OCH3 is 1. The van der Waals surface area contributed by atoms with Crippen LogP contribution in [0.1, 0.15) is 22.3 Å². The van der Waals surface area contributed by atoms with Crippen LogP contribution in [0.4, 0.5) is 0 Å². The molecule has 4 rings (SSSR count). The van der Waals surface area contributed by atoms with Crippen LogP contribution < -0.4 is 5.32 Å². The highest BCUT2D eigenvalue weighted by Gasteiger charge is 2.64. The lowest BCUT2D eigenvalue weighted by Crippen LogP contribution is -2.62. The van der Waals surface area contributed by atoms with Gasteiger partial charge in [-0.05, 0) is 40.6 Å². The molecule has 1 amide bonds. The average Bonchev–Trinajstić information content (AvgIpc) is 2.93. The van der Waals surface area contributed by atoms with Gasteiger partial charge in [0.25, 0.3) is 0 Å². The number of hydrogen-bond acceptors (Lipinski definition) is 7. The van der Waals surface area contributed by atoms with Crippen molar-refractivity contribution < 1.29 is 43.7 Å². The third-order valence-electron chi connectivity index (χ3n) is 7.37. The number of nitrogens with one attached hydrogen (secondary N) is 1. The van der Waals surface area contributed by atoms with Gasteiger partial charge in [0.2, 0.25) is 5.91 Å².